The molecule has 0 bridgehead atoms. The van der Waals surface area contributed by atoms with Crippen LogP contribution in [0.3, 0.4) is 0 Å². The predicted octanol–water partition coefficient (Wildman–Crippen LogP) is 3.55. The van der Waals surface area contributed by atoms with Gasteiger partial charge in [-0.1, -0.05) is 12.1 Å². The highest BCUT2D eigenvalue weighted by Gasteiger charge is 1.99. The Bertz CT molecular complexity index is 269. The highest BCUT2D eigenvalue weighted by molar-refractivity contribution is 7.99. The maximum atomic E-state index is 5.79. The molecule has 1 rings (SSSR count). The monoisotopic (exact) mass is 241 g/mol. The van der Waals surface area contributed by atoms with Gasteiger partial charge in [0.15, 0.2) is 0 Å². The van der Waals surface area contributed by atoms with Crippen molar-refractivity contribution in [1.82, 2.24) is 0 Å². The minimum atomic E-state index is 0.139. The summed E-state index contributed by atoms with van der Waals surface area (Å²) in [6, 6.07) is 8.73. The fourth-order valence-corrected chi connectivity index (χ4v) is 2.73. The van der Waals surface area contributed by atoms with Crippen LogP contribution in [0.1, 0.15) is 24.9 Å². The summed E-state index contributed by atoms with van der Waals surface area (Å²) in [5.41, 5.74) is 7.01. The van der Waals surface area contributed by atoms with Crippen LogP contribution in [0.25, 0.3) is 0 Å². The van der Waals surface area contributed by atoms with E-state index in [1.165, 1.54) is 28.4 Å². The predicted molar refractivity (Wildman–Crippen MR) is 72.8 cm³/mol. The van der Waals surface area contributed by atoms with E-state index < -0.39 is 0 Å². The van der Waals surface area contributed by atoms with E-state index >= 15 is 0 Å². The molecule has 0 saturated heterocycles. The summed E-state index contributed by atoms with van der Waals surface area (Å²) in [5.74, 6) is 2.46. The summed E-state index contributed by atoms with van der Waals surface area (Å²) in [5, 5.41) is 0. The molecule has 15 heavy (non-hydrogen) atoms. The summed E-state index contributed by atoms with van der Waals surface area (Å²) in [6.45, 7) is 2.01. The smallest absolute Gasteiger partial charge is 0.0266 e. The second kappa shape index (κ2) is 7.20. The number of benzene rings is 1. The van der Waals surface area contributed by atoms with E-state index in [1.54, 1.807) is 0 Å². The molecule has 0 saturated carbocycles. The lowest BCUT2D eigenvalue weighted by molar-refractivity contribution is 0.817. The van der Waals surface area contributed by atoms with E-state index in [0.717, 1.165) is 0 Å². The molecule has 1 aromatic rings. The average Bonchev–Trinajstić information content (AvgIpc) is 2.25. The quantitative estimate of drug-likeness (QED) is 0.609. The Labute approximate surface area is 101 Å². The van der Waals surface area contributed by atoms with Crippen LogP contribution in [0.15, 0.2) is 29.2 Å². The van der Waals surface area contributed by atoms with E-state index in [1.807, 2.05) is 30.4 Å². The van der Waals surface area contributed by atoms with E-state index in [9.17, 15) is 0 Å². The molecule has 0 heterocycles. The summed E-state index contributed by atoms with van der Waals surface area (Å²) in [7, 11) is 0. The van der Waals surface area contributed by atoms with Crippen LogP contribution >= 0.6 is 23.5 Å². The Morgan fingerprint density at radius 3 is 2.40 bits per heavy atom. The number of nitrogens with two attached hydrogens (primary N) is 1. The molecule has 2 N–H and O–H groups in total. The van der Waals surface area contributed by atoms with Gasteiger partial charge in [0, 0.05) is 10.9 Å². The first kappa shape index (κ1) is 12.9. The van der Waals surface area contributed by atoms with Crippen molar-refractivity contribution in [1.29, 1.82) is 0 Å². The first-order valence-electron chi connectivity index (χ1n) is 5.21. The van der Waals surface area contributed by atoms with Crippen molar-refractivity contribution in [3.05, 3.63) is 29.8 Å². The molecule has 0 fully saturated rings. The van der Waals surface area contributed by atoms with Gasteiger partial charge in [-0.25, -0.2) is 0 Å². The second-order valence-electron chi connectivity index (χ2n) is 3.55. The van der Waals surface area contributed by atoms with Crippen LogP contribution in [0.5, 0.6) is 0 Å². The van der Waals surface area contributed by atoms with Crippen molar-refractivity contribution in [2.45, 2.75) is 24.3 Å². The highest BCUT2D eigenvalue weighted by Crippen LogP contribution is 2.21. The minimum absolute atomic E-state index is 0.139. The third-order valence-corrected chi connectivity index (χ3v) is 3.96. The molecule has 0 amide bonds. The molecule has 0 spiro atoms. The molecule has 1 aromatic carbocycles. The van der Waals surface area contributed by atoms with Gasteiger partial charge in [0.25, 0.3) is 0 Å². The largest absolute Gasteiger partial charge is 0.324 e. The third kappa shape index (κ3) is 4.96. The molecule has 1 atom stereocenters. The minimum Gasteiger partial charge on any atom is -0.324 e. The van der Waals surface area contributed by atoms with Gasteiger partial charge in [0.1, 0.15) is 0 Å². The lowest BCUT2D eigenvalue weighted by Gasteiger charge is -2.06. The zero-order valence-electron chi connectivity index (χ0n) is 9.40. The lowest BCUT2D eigenvalue weighted by atomic mass is 10.1. The molecule has 84 valence electrons. The van der Waals surface area contributed by atoms with Gasteiger partial charge in [-0.15, -0.1) is 11.8 Å². The Hall–Kier alpha value is -0.120. The molecule has 0 aliphatic carbocycles. The standard InChI is InChI=1S/C12H19NS2/c1-10(13)11-4-6-12(7-5-11)15-9-3-8-14-2/h4-7,10H,3,8-9,13H2,1-2H3. The molecule has 0 aliphatic rings. The van der Waals surface area contributed by atoms with E-state index in [-0.39, 0.29) is 6.04 Å². The number of rotatable bonds is 6. The summed E-state index contributed by atoms with van der Waals surface area (Å²) in [6.07, 6.45) is 3.43. The third-order valence-electron chi connectivity index (χ3n) is 2.17. The van der Waals surface area contributed by atoms with Gasteiger partial charge >= 0.3 is 0 Å². The number of thioether (sulfide) groups is 2. The molecule has 3 heteroatoms. The van der Waals surface area contributed by atoms with Crippen LogP contribution in [0.2, 0.25) is 0 Å². The normalized spacial score (nSPS) is 12.7. The zero-order chi connectivity index (χ0) is 11.1. The topological polar surface area (TPSA) is 26.0 Å². The summed E-state index contributed by atoms with van der Waals surface area (Å²) >= 11 is 3.84. The van der Waals surface area contributed by atoms with E-state index in [4.69, 9.17) is 5.73 Å². The Morgan fingerprint density at radius 1 is 1.20 bits per heavy atom. The Kier molecular flexibility index (Phi) is 6.22. The zero-order valence-corrected chi connectivity index (χ0v) is 11.0. The number of hydrogen-bond acceptors (Lipinski definition) is 3. The van der Waals surface area contributed by atoms with Crippen molar-refractivity contribution < 1.29 is 0 Å². The molecule has 0 radical (unpaired) electrons. The van der Waals surface area contributed by atoms with Gasteiger partial charge in [-0.2, -0.15) is 11.8 Å². The lowest BCUT2D eigenvalue weighted by Crippen LogP contribution is -2.04. The van der Waals surface area contributed by atoms with Crippen molar-refractivity contribution in [2.75, 3.05) is 17.8 Å². The van der Waals surface area contributed by atoms with Gasteiger partial charge in [-0.3, -0.25) is 0 Å². The summed E-state index contributed by atoms with van der Waals surface area (Å²) < 4.78 is 0. The van der Waals surface area contributed by atoms with Crippen molar-refractivity contribution in [2.24, 2.45) is 5.73 Å². The number of hydrogen-bond donors (Lipinski definition) is 1. The van der Waals surface area contributed by atoms with Crippen LogP contribution in [-0.4, -0.2) is 17.8 Å². The fourth-order valence-electron chi connectivity index (χ4n) is 1.26. The van der Waals surface area contributed by atoms with Gasteiger partial charge in [0.05, 0.1) is 0 Å². The van der Waals surface area contributed by atoms with E-state index in [2.05, 4.69) is 30.5 Å². The Balaban J connectivity index is 2.36. The fraction of sp³-hybridized carbons (Fsp3) is 0.500. The van der Waals surface area contributed by atoms with Crippen molar-refractivity contribution >= 4 is 23.5 Å². The van der Waals surface area contributed by atoms with Crippen LogP contribution in [0, 0.1) is 0 Å². The van der Waals surface area contributed by atoms with Crippen molar-refractivity contribution in [3.63, 3.8) is 0 Å². The van der Waals surface area contributed by atoms with Gasteiger partial charge < -0.3 is 5.73 Å². The molecule has 1 unspecified atom stereocenters. The van der Waals surface area contributed by atoms with Gasteiger partial charge in [0.2, 0.25) is 0 Å². The molecule has 1 nitrogen and oxygen atoms in total. The Morgan fingerprint density at radius 2 is 1.87 bits per heavy atom. The molecular formula is C12H19NS2. The van der Waals surface area contributed by atoms with E-state index in [0.29, 0.717) is 0 Å². The summed E-state index contributed by atoms with van der Waals surface area (Å²) in [4.78, 5) is 1.35. The first-order chi connectivity index (χ1) is 7.24. The SMILES string of the molecule is CSCCCSc1ccc(C(C)N)cc1. The maximum Gasteiger partial charge on any atom is 0.0266 e. The first-order valence-corrected chi connectivity index (χ1v) is 7.59. The molecule has 0 aromatic heterocycles. The van der Waals surface area contributed by atoms with Crippen LogP contribution < -0.4 is 5.73 Å². The maximum absolute atomic E-state index is 5.79. The van der Waals surface area contributed by atoms with Crippen LogP contribution in [-0.2, 0) is 0 Å². The second-order valence-corrected chi connectivity index (χ2v) is 5.71. The average molecular weight is 241 g/mol. The molecular weight excluding hydrogens is 222 g/mol. The van der Waals surface area contributed by atoms with Crippen LogP contribution in [0.4, 0.5) is 0 Å². The molecule has 0 aliphatic heterocycles. The highest BCUT2D eigenvalue weighted by atomic mass is 32.2. The van der Waals surface area contributed by atoms with Gasteiger partial charge in [-0.05, 0) is 48.8 Å². The van der Waals surface area contributed by atoms with Crippen molar-refractivity contribution in [3.8, 4) is 0 Å².